The highest BCUT2D eigenvalue weighted by Gasteiger charge is 2.61. The van der Waals surface area contributed by atoms with Gasteiger partial charge < -0.3 is 9.47 Å². The fraction of sp³-hybridized carbons (Fsp3) is 0.444. The summed E-state index contributed by atoms with van der Waals surface area (Å²) in [5.74, 6) is -0.282. The standard InChI is InChI=1S/C9H10O3/c1-2-11-8(10)9-6-4-3-5-7(9)12-9/h3-7H,2H2,1H3. The van der Waals surface area contributed by atoms with Crippen LogP contribution in [0.25, 0.3) is 0 Å². The van der Waals surface area contributed by atoms with Gasteiger partial charge >= 0.3 is 5.97 Å². The summed E-state index contributed by atoms with van der Waals surface area (Å²) in [6.07, 6.45) is 7.18. The van der Waals surface area contributed by atoms with E-state index in [0.29, 0.717) is 6.61 Å². The van der Waals surface area contributed by atoms with Gasteiger partial charge in [-0.3, -0.25) is 0 Å². The van der Waals surface area contributed by atoms with Gasteiger partial charge in [-0.1, -0.05) is 18.2 Å². The molecule has 0 aromatic carbocycles. The molecular weight excluding hydrogens is 156 g/mol. The molecule has 1 aliphatic carbocycles. The number of ether oxygens (including phenoxy) is 2. The lowest BCUT2D eigenvalue weighted by atomic mass is 10.0. The molecule has 3 nitrogen and oxygen atoms in total. The molecule has 1 saturated heterocycles. The molecule has 64 valence electrons. The lowest BCUT2D eigenvalue weighted by molar-refractivity contribution is -0.147. The van der Waals surface area contributed by atoms with E-state index in [1.807, 2.05) is 12.2 Å². The predicted molar refractivity (Wildman–Crippen MR) is 42.5 cm³/mol. The largest absolute Gasteiger partial charge is 0.464 e. The topological polar surface area (TPSA) is 38.8 Å². The van der Waals surface area contributed by atoms with E-state index in [1.54, 1.807) is 19.1 Å². The SMILES string of the molecule is CCOC(=O)C12C=CC=CC1O2. The number of allylic oxidation sites excluding steroid dienone is 2. The molecule has 0 aromatic heterocycles. The maximum absolute atomic E-state index is 11.3. The third-order valence-electron chi connectivity index (χ3n) is 2.02. The van der Waals surface area contributed by atoms with E-state index < -0.39 is 5.60 Å². The fourth-order valence-electron chi connectivity index (χ4n) is 1.33. The van der Waals surface area contributed by atoms with Gasteiger partial charge in [-0.05, 0) is 13.0 Å². The van der Waals surface area contributed by atoms with Crippen LogP contribution in [0, 0.1) is 0 Å². The third kappa shape index (κ3) is 0.898. The van der Waals surface area contributed by atoms with E-state index in [9.17, 15) is 4.79 Å². The second-order valence-electron chi connectivity index (χ2n) is 2.80. The van der Waals surface area contributed by atoms with Crippen LogP contribution < -0.4 is 0 Å². The summed E-state index contributed by atoms with van der Waals surface area (Å²) in [6.45, 7) is 2.18. The molecule has 2 unspecified atom stereocenters. The zero-order chi connectivity index (χ0) is 8.60. The van der Waals surface area contributed by atoms with Gasteiger partial charge in [0, 0.05) is 0 Å². The van der Waals surface area contributed by atoms with E-state index in [2.05, 4.69) is 0 Å². The molecule has 0 aromatic rings. The molecule has 1 aliphatic heterocycles. The predicted octanol–water partition coefficient (Wildman–Crippen LogP) is 0.813. The molecule has 0 spiro atoms. The Balaban J connectivity index is 2.10. The fourth-order valence-corrected chi connectivity index (χ4v) is 1.33. The Kier molecular flexibility index (Phi) is 1.54. The average Bonchev–Trinajstić information content (AvgIpc) is 2.79. The summed E-state index contributed by atoms with van der Waals surface area (Å²) >= 11 is 0. The van der Waals surface area contributed by atoms with Crippen molar-refractivity contribution in [3.8, 4) is 0 Å². The van der Waals surface area contributed by atoms with Crippen LogP contribution in [0.15, 0.2) is 24.3 Å². The number of carbonyl (C=O) groups is 1. The summed E-state index contributed by atoms with van der Waals surface area (Å²) in [7, 11) is 0. The number of hydrogen-bond acceptors (Lipinski definition) is 3. The smallest absolute Gasteiger partial charge is 0.345 e. The van der Waals surface area contributed by atoms with Crippen molar-refractivity contribution in [2.24, 2.45) is 0 Å². The van der Waals surface area contributed by atoms with Gasteiger partial charge in [0.05, 0.1) is 6.61 Å². The van der Waals surface area contributed by atoms with Gasteiger partial charge in [0.25, 0.3) is 0 Å². The van der Waals surface area contributed by atoms with Crippen molar-refractivity contribution in [1.82, 2.24) is 0 Å². The highest BCUT2D eigenvalue weighted by atomic mass is 16.7. The molecule has 3 heteroatoms. The first kappa shape index (κ1) is 7.55. The van der Waals surface area contributed by atoms with Gasteiger partial charge in [0.15, 0.2) is 0 Å². The lowest BCUT2D eigenvalue weighted by Gasteiger charge is -2.07. The van der Waals surface area contributed by atoms with Crippen LogP contribution in [-0.4, -0.2) is 24.3 Å². The van der Waals surface area contributed by atoms with Crippen LogP contribution in [-0.2, 0) is 14.3 Å². The van der Waals surface area contributed by atoms with Crippen molar-refractivity contribution in [1.29, 1.82) is 0 Å². The lowest BCUT2D eigenvalue weighted by Crippen LogP contribution is -2.27. The molecule has 0 bridgehead atoms. The van der Waals surface area contributed by atoms with E-state index in [4.69, 9.17) is 9.47 Å². The molecule has 1 fully saturated rings. The second kappa shape index (κ2) is 2.45. The van der Waals surface area contributed by atoms with Gasteiger partial charge in [-0.15, -0.1) is 0 Å². The molecule has 0 amide bonds. The van der Waals surface area contributed by atoms with Crippen LogP contribution in [0.3, 0.4) is 0 Å². The van der Waals surface area contributed by atoms with Crippen LogP contribution >= 0.6 is 0 Å². The summed E-state index contributed by atoms with van der Waals surface area (Å²) in [4.78, 5) is 11.3. The molecule has 2 atom stereocenters. The number of esters is 1. The Morgan fingerprint density at radius 2 is 2.50 bits per heavy atom. The van der Waals surface area contributed by atoms with Crippen molar-refractivity contribution < 1.29 is 14.3 Å². The summed E-state index contributed by atoms with van der Waals surface area (Å²) in [5, 5.41) is 0. The number of carbonyl (C=O) groups excluding carboxylic acids is 1. The van der Waals surface area contributed by atoms with E-state index in [1.165, 1.54) is 0 Å². The highest BCUT2D eigenvalue weighted by molar-refractivity contribution is 5.87. The number of epoxide rings is 1. The van der Waals surface area contributed by atoms with Crippen molar-refractivity contribution in [2.75, 3.05) is 6.61 Å². The van der Waals surface area contributed by atoms with E-state index in [0.717, 1.165) is 0 Å². The Labute approximate surface area is 70.7 Å². The van der Waals surface area contributed by atoms with Gasteiger partial charge in [-0.25, -0.2) is 4.79 Å². The third-order valence-corrected chi connectivity index (χ3v) is 2.02. The first-order chi connectivity index (χ1) is 5.79. The molecule has 1 heterocycles. The molecule has 12 heavy (non-hydrogen) atoms. The zero-order valence-corrected chi connectivity index (χ0v) is 6.82. The Hall–Kier alpha value is -1.09. The van der Waals surface area contributed by atoms with Crippen LogP contribution in [0.5, 0.6) is 0 Å². The summed E-state index contributed by atoms with van der Waals surface area (Å²) in [5.41, 5.74) is -0.773. The first-order valence-corrected chi connectivity index (χ1v) is 4.00. The van der Waals surface area contributed by atoms with Gasteiger partial charge in [-0.2, -0.15) is 0 Å². The van der Waals surface area contributed by atoms with E-state index >= 15 is 0 Å². The van der Waals surface area contributed by atoms with Crippen molar-refractivity contribution >= 4 is 5.97 Å². The molecular formula is C9H10O3. The van der Waals surface area contributed by atoms with E-state index in [-0.39, 0.29) is 12.1 Å². The number of rotatable bonds is 2. The highest BCUT2D eigenvalue weighted by Crippen LogP contribution is 2.42. The van der Waals surface area contributed by atoms with Gasteiger partial charge in [0.1, 0.15) is 6.10 Å². The monoisotopic (exact) mass is 166 g/mol. The molecule has 0 radical (unpaired) electrons. The van der Waals surface area contributed by atoms with Crippen LogP contribution in [0.2, 0.25) is 0 Å². The van der Waals surface area contributed by atoms with Crippen LogP contribution in [0.4, 0.5) is 0 Å². The molecule has 0 N–H and O–H groups in total. The molecule has 2 rings (SSSR count). The Bertz CT molecular complexity index is 267. The second-order valence-corrected chi connectivity index (χ2v) is 2.80. The van der Waals surface area contributed by atoms with Crippen molar-refractivity contribution in [2.45, 2.75) is 18.6 Å². The van der Waals surface area contributed by atoms with Crippen molar-refractivity contribution in [3.63, 3.8) is 0 Å². The number of fused-ring (bicyclic) bond motifs is 1. The summed E-state index contributed by atoms with van der Waals surface area (Å²) in [6, 6.07) is 0. The Morgan fingerprint density at radius 1 is 1.67 bits per heavy atom. The number of hydrogen-bond donors (Lipinski definition) is 0. The molecule has 0 saturated carbocycles. The first-order valence-electron chi connectivity index (χ1n) is 4.00. The average molecular weight is 166 g/mol. The minimum Gasteiger partial charge on any atom is -0.464 e. The normalized spacial score (nSPS) is 35.9. The van der Waals surface area contributed by atoms with Gasteiger partial charge in [0.2, 0.25) is 5.60 Å². The zero-order valence-electron chi connectivity index (χ0n) is 6.82. The minimum absolute atomic E-state index is 0.0958. The Morgan fingerprint density at radius 3 is 3.17 bits per heavy atom. The van der Waals surface area contributed by atoms with Crippen molar-refractivity contribution in [3.05, 3.63) is 24.3 Å². The summed E-state index contributed by atoms with van der Waals surface area (Å²) < 4.78 is 10.1. The maximum Gasteiger partial charge on any atom is 0.345 e. The van der Waals surface area contributed by atoms with Crippen LogP contribution in [0.1, 0.15) is 6.92 Å². The minimum atomic E-state index is -0.773. The maximum atomic E-state index is 11.3. The molecule has 2 aliphatic rings. The quantitative estimate of drug-likeness (QED) is 0.450.